The van der Waals surface area contributed by atoms with Gasteiger partial charge in [0.1, 0.15) is 12.3 Å². The first-order valence-corrected chi connectivity index (χ1v) is 13.6. The van der Waals surface area contributed by atoms with Crippen LogP contribution in [0.5, 0.6) is 0 Å². The zero-order valence-electron chi connectivity index (χ0n) is 22.1. The molecule has 2 aliphatic heterocycles. The molecule has 2 aromatic rings. The number of hydrogen-bond acceptors (Lipinski definition) is 5. The van der Waals surface area contributed by atoms with Gasteiger partial charge in [-0.2, -0.15) is 0 Å². The second kappa shape index (κ2) is 13.0. The molecule has 2 heterocycles. The maximum absolute atomic E-state index is 13.1. The molecule has 0 radical (unpaired) electrons. The van der Waals surface area contributed by atoms with Gasteiger partial charge in [-0.25, -0.2) is 0 Å². The number of fused-ring (bicyclic) bond motifs is 2. The van der Waals surface area contributed by atoms with Crippen LogP contribution in [-0.4, -0.2) is 60.6 Å². The SMILES string of the molecule is CCN(CCCCc1cccc2c1CN(C(CCC=O)C(=O)NC)C2=O)CC[C@@H]1OCc2ccccc21. The fourth-order valence-corrected chi connectivity index (χ4v) is 5.60. The number of carbonyl (C=O) groups excluding carboxylic acids is 3. The molecule has 0 spiro atoms. The van der Waals surface area contributed by atoms with E-state index in [4.69, 9.17) is 4.74 Å². The van der Waals surface area contributed by atoms with Gasteiger partial charge in [0, 0.05) is 32.1 Å². The smallest absolute Gasteiger partial charge is 0.255 e. The number of unbranched alkanes of at least 4 members (excludes halogenated alkanes) is 1. The molecule has 2 amide bonds. The molecule has 1 unspecified atom stereocenters. The van der Waals surface area contributed by atoms with Crippen molar-refractivity contribution < 1.29 is 19.1 Å². The second-order valence-electron chi connectivity index (χ2n) is 9.93. The molecule has 4 rings (SSSR count). The molecular formula is C30H39N3O4. The van der Waals surface area contributed by atoms with E-state index in [2.05, 4.69) is 47.5 Å². The van der Waals surface area contributed by atoms with Crippen LogP contribution >= 0.6 is 0 Å². The predicted molar refractivity (Wildman–Crippen MR) is 143 cm³/mol. The van der Waals surface area contributed by atoms with Crippen molar-refractivity contribution in [2.24, 2.45) is 0 Å². The Balaban J connectivity index is 1.29. The molecule has 7 heteroatoms. The van der Waals surface area contributed by atoms with Crippen molar-refractivity contribution in [3.8, 4) is 0 Å². The predicted octanol–water partition coefficient (Wildman–Crippen LogP) is 4.04. The summed E-state index contributed by atoms with van der Waals surface area (Å²) in [5.74, 6) is -0.347. The van der Waals surface area contributed by atoms with E-state index in [1.165, 1.54) is 16.7 Å². The lowest BCUT2D eigenvalue weighted by Crippen LogP contribution is -2.46. The van der Waals surface area contributed by atoms with E-state index in [1.807, 2.05) is 12.1 Å². The lowest BCUT2D eigenvalue weighted by molar-refractivity contribution is -0.125. The molecular weight excluding hydrogens is 466 g/mol. The summed E-state index contributed by atoms with van der Waals surface area (Å²) in [6.07, 6.45) is 5.61. The van der Waals surface area contributed by atoms with Gasteiger partial charge in [-0.3, -0.25) is 9.59 Å². The number of likely N-dealkylation sites (N-methyl/N-ethyl adjacent to an activating group) is 1. The fourth-order valence-electron chi connectivity index (χ4n) is 5.60. The van der Waals surface area contributed by atoms with E-state index in [-0.39, 0.29) is 24.3 Å². The number of nitrogens with zero attached hydrogens (tertiary/aromatic N) is 2. The van der Waals surface area contributed by atoms with Crippen molar-refractivity contribution >= 4 is 18.1 Å². The summed E-state index contributed by atoms with van der Waals surface area (Å²) in [4.78, 5) is 40.6. The van der Waals surface area contributed by atoms with E-state index in [0.29, 0.717) is 18.5 Å². The van der Waals surface area contributed by atoms with E-state index in [9.17, 15) is 14.4 Å². The molecule has 0 aliphatic carbocycles. The van der Waals surface area contributed by atoms with Gasteiger partial charge in [0.15, 0.2) is 0 Å². The Morgan fingerprint density at radius 1 is 1.19 bits per heavy atom. The number of hydrogen-bond donors (Lipinski definition) is 1. The molecule has 2 atom stereocenters. The number of benzene rings is 2. The third-order valence-electron chi connectivity index (χ3n) is 7.74. The van der Waals surface area contributed by atoms with Crippen molar-refractivity contribution in [2.75, 3.05) is 26.7 Å². The highest BCUT2D eigenvalue weighted by Gasteiger charge is 2.36. The fraction of sp³-hybridized carbons (Fsp3) is 0.500. The third kappa shape index (κ3) is 6.28. The Bertz CT molecular complexity index is 1100. The number of amides is 2. The first-order chi connectivity index (χ1) is 18.1. The first kappa shape index (κ1) is 27.0. The highest BCUT2D eigenvalue weighted by molar-refractivity contribution is 6.01. The van der Waals surface area contributed by atoms with Gasteiger partial charge in [-0.1, -0.05) is 43.3 Å². The van der Waals surface area contributed by atoms with E-state index >= 15 is 0 Å². The lowest BCUT2D eigenvalue weighted by atomic mass is 9.98. The van der Waals surface area contributed by atoms with Crippen LogP contribution in [0.4, 0.5) is 0 Å². The normalized spacial score (nSPS) is 17.1. The maximum atomic E-state index is 13.1. The van der Waals surface area contributed by atoms with Gasteiger partial charge < -0.3 is 24.6 Å². The summed E-state index contributed by atoms with van der Waals surface area (Å²) in [5.41, 5.74) is 5.54. The monoisotopic (exact) mass is 505 g/mol. The second-order valence-corrected chi connectivity index (χ2v) is 9.93. The van der Waals surface area contributed by atoms with Crippen molar-refractivity contribution in [3.05, 3.63) is 70.3 Å². The molecule has 0 fully saturated rings. The van der Waals surface area contributed by atoms with Crippen LogP contribution < -0.4 is 5.32 Å². The van der Waals surface area contributed by atoms with Crippen LogP contribution in [0.25, 0.3) is 0 Å². The first-order valence-electron chi connectivity index (χ1n) is 13.6. The number of nitrogens with one attached hydrogen (secondary N) is 1. The van der Waals surface area contributed by atoms with E-state index in [1.54, 1.807) is 11.9 Å². The molecule has 7 nitrogen and oxygen atoms in total. The van der Waals surface area contributed by atoms with Crippen LogP contribution in [-0.2, 0) is 33.9 Å². The molecule has 198 valence electrons. The Hall–Kier alpha value is -3.03. The number of aldehydes is 1. The van der Waals surface area contributed by atoms with Crippen LogP contribution in [0.3, 0.4) is 0 Å². The summed E-state index contributed by atoms with van der Waals surface area (Å²) < 4.78 is 6.02. The number of ether oxygens (including phenoxy) is 1. The zero-order chi connectivity index (χ0) is 26.2. The highest BCUT2D eigenvalue weighted by atomic mass is 16.5. The van der Waals surface area contributed by atoms with Crippen LogP contribution in [0.15, 0.2) is 42.5 Å². The molecule has 2 aliphatic rings. The molecule has 37 heavy (non-hydrogen) atoms. The Morgan fingerprint density at radius 3 is 2.81 bits per heavy atom. The van der Waals surface area contributed by atoms with Gasteiger partial charge in [-0.05, 0) is 73.5 Å². The molecule has 1 N–H and O–H groups in total. The van der Waals surface area contributed by atoms with Gasteiger partial charge in [0.2, 0.25) is 5.91 Å². The van der Waals surface area contributed by atoms with Crippen molar-refractivity contribution in [2.45, 2.75) is 70.7 Å². The van der Waals surface area contributed by atoms with Gasteiger partial charge in [0.25, 0.3) is 5.91 Å². The Labute approximate surface area is 220 Å². The lowest BCUT2D eigenvalue weighted by Gasteiger charge is -2.26. The zero-order valence-corrected chi connectivity index (χ0v) is 22.1. The van der Waals surface area contributed by atoms with Crippen LogP contribution in [0.1, 0.15) is 77.7 Å². The minimum Gasteiger partial charge on any atom is -0.369 e. The summed E-state index contributed by atoms with van der Waals surface area (Å²) in [5, 5.41) is 2.64. The highest BCUT2D eigenvalue weighted by Crippen LogP contribution is 2.33. The molecule has 0 saturated heterocycles. The van der Waals surface area contributed by atoms with Gasteiger partial charge in [0.05, 0.1) is 12.7 Å². The maximum Gasteiger partial charge on any atom is 0.255 e. The van der Waals surface area contributed by atoms with Gasteiger partial charge in [-0.15, -0.1) is 0 Å². The minimum atomic E-state index is -0.628. The van der Waals surface area contributed by atoms with Crippen molar-refractivity contribution in [3.63, 3.8) is 0 Å². The van der Waals surface area contributed by atoms with E-state index in [0.717, 1.165) is 63.8 Å². The topological polar surface area (TPSA) is 79.0 Å². The molecule has 0 saturated carbocycles. The van der Waals surface area contributed by atoms with Crippen molar-refractivity contribution in [1.82, 2.24) is 15.1 Å². The standard InChI is InChI=1S/C30H39N3O4/c1-3-32(18-16-28-24-13-5-4-11-23(24)21-37-28)17-7-6-10-22-12-8-14-25-26(22)20-33(30(25)36)27(15-9-19-34)29(35)31-2/h4-5,8,11-14,19,27-28H,3,6-7,9-10,15-18,20-21H2,1-2H3,(H,31,35)/t27?,28-/m0/s1. The van der Waals surface area contributed by atoms with Crippen LogP contribution in [0.2, 0.25) is 0 Å². The van der Waals surface area contributed by atoms with Gasteiger partial charge >= 0.3 is 0 Å². The number of rotatable bonds is 14. The average molecular weight is 506 g/mol. The Kier molecular flexibility index (Phi) is 9.47. The third-order valence-corrected chi connectivity index (χ3v) is 7.74. The van der Waals surface area contributed by atoms with E-state index < -0.39 is 6.04 Å². The number of aryl methyl sites for hydroxylation is 1. The molecule has 2 aromatic carbocycles. The number of carbonyl (C=O) groups is 3. The largest absolute Gasteiger partial charge is 0.369 e. The quantitative estimate of drug-likeness (QED) is 0.310. The summed E-state index contributed by atoms with van der Waals surface area (Å²) in [7, 11) is 1.56. The molecule has 0 aromatic heterocycles. The summed E-state index contributed by atoms with van der Waals surface area (Å²) >= 11 is 0. The Morgan fingerprint density at radius 2 is 2.03 bits per heavy atom. The average Bonchev–Trinajstić information content (AvgIpc) is 3.49. The summed E-state index contributed by atoms with van der Waals surface area (Å²) in [6, 6.07) is 13.8. The van der Waals surface area contributed by atoms with Crippen LogP contribution in [0, 0.1) is 0 Å². The van der Waals surface area contributed by atoms with Crippen molar-refractivity contribution in [1.29, 1.82) is 0 Å². The molecule has 0 bridgehead atoms. The summed E-state index contributed by atoms with van der Waals surface area (Å²) in [6.45, 7) is 6.42. The minimum absolute atomic E-state index is 0.121.